The van der Waals surface area contributed by atoms with Gasteiger partial charge in [0.1, 0.15) is 11.6 Å². The molecule has 0 amide bonds. The average molecular weight is 290 g/mol. The molecular formula is C14H22N6O. The van der Waals surface area contributed by atoms with Gasteiger partial charge in [-0.05, 0) is 20.3 Å². The number of anilines is 1. The fourth-order valence-corrected chi connectivity index (χ4v) is 2.81. The first-order valence-electron chi connectivity index (χ1n) is 7.36. The molecule has 1 unspecified atom stereocenters. The lowest BCUT2D eigenvalue weighted by atomic mass is 10.1. The Bertz CT molecular complexity index is 650. The summed E-state index contributed by atoms with van der Waals surface area (Å²) in [5, 5.41) is 18.5. The normalized spacial score (nSPS) is 23.0. The fourth-order valence-electron chi connectivity index (χ4n) is 2.81. The second-order valence-electron chi connectivity index (χ2n) is 5.98. The Balaban J connectivity index is 1.90. The molecule has 1 fully saturated rings. The van der Waals surface area contributed by atoms with E-state index in [-0.39, 0.29) is 0 Å². The van der Waals surface area contributed by atoms with E-state index in [0.29, 0.717) is 13.1 Å². The molecule has 1 atom stereocenters. The zero-order valence-corrected chi connectivity index (χ0v) is 12.8. The van der Waals surface area contributed by atoms with Crippen LogP contribution in [0.3, 0.4) is 0 Å². The highest BCUT2D eigenvalue weighted by molar-refractivity contribution is 5.86. The zero-order valence-electron chi connectivity index (χ0n) is 12.8. The van der Waals surface area contributed by atoms with Gasteiger partial charge >= 0.3 is 0 Å². The second-order valence-corrected chi connectivity index (χ2v) is 5.98. The number of rotatable bonds is 4. The number of nitrogens with zero attached hydrogens (tertiary/aromatic N) is 5. The Labute approximate surface area is 124 Å². The van der Waals surface area contributed by atoms with Crippen molar-refractivity contribution >= 4 is 16.9 Å². The molecule has 2 aromatic heterocycles. The fraction of sp³-hybridized carbons (Fsp3) is 0.643. The van der Waals surface area contributed by atoms with Crippen LogP contribution in [-0.4, -0.2) is 55.0 Å². The molecule has 0 spiro atoms. The topological polar surface area (TPSA) is 79.1 Å². The third-order valence-electron chi connectivity index (χ3n) is 3.88. The molecule has 0 radical (unpaired) electrons. The van der Waals surface area contributed by atoms with Crippen molar-refractivity contribution in [3.63, 3.8) is 0 Å². The molecule has 1 saturated heterocycles. The van der Waals surface area contributed by atoms with Crippen LogP contribution in [0.15, 0.2) is 6.20 Å². The minimum absolute atomic E-state index is 0.596. The van der Waals surface area contributed by atoms with Crippen LogP contribution in [0.25, 0.3) is 11.0 Å². The van der Waals surface area contributed by atoms with E-state index in [1.54, 1.807) is 10.9 Å². The van der Waals surface area contributed by atoms with Crippen molar-refractivity contribution in [1.29, 1.82) is 0 Å². The lowest BCUT2D eigenvalue weighted by Gasteiger charge is -2.18. The third-order valence-corrected chi connectivity index (χ3v) is 3.88. The number of nitrogens with one attached hydrogen (secondary N) is 1. The lowest BCUT2D eigenvalue weighted by molar-refractivity contribution is 0.0676. The summed E-state index contributed by atoms with van der Waals surface area (Å²) in [7, 11) is 1.88. The molecule has 7 nitrogen and oxygen atoms in total. The molecule has 3 heterocycles. The van der Waals surface area contributed by atoms with Gasteiger partial charge in [0, 0.05) is 26.7 Å². The van der Waals surface area contributed by atoms with E-state index < -0.39 is 5.60 Å². The highest BCUT2D eigenvalue weighted by Gasteiger charge is 2.31. The maximum Gasteiger partial charge on any atom is 0.163 e. The van der Waals surface area contributed by atoms with E-state index in [9.17, 15) is 5.11 Å². The molecule has 1 aliphatic heterocycles. The van der Waals surface area contributed by atoms with Crippen molar-refractivity contribution in [3.05, 3.63) is 12.0 Å². The van der Waals surface area contributed by atoms with E-state index in [1.807, 2.05) is 20.9 Å². The summed E-state index contributed by atoms with van der Waals surface area (Å²) in [6.45, 7) is 6.91. The minimum Gasteiger partial charge on any atom is -0.389 e. The van der Waals surface area contributed by atoms with Crippen LogP contribution in [0.5, 0.6) is 0 Å². The van der Waals surface area contributed by atoms with Crippen LogP contribution in [-0.2, 0) is 13.6 Å². The SMILES string of the molecule is CCNc1nc(CN2CCC(C)(O)C2)nc2c1cnn2C. The Morgan fingerprint density at radius 2 is 2.24 bits per heavy atom. The van der Waals surface area contributed by atoms with Crippen molar-refractivity contribution < 1.29 is 5.11 Å². The number of aliphatic hydroxyl groups is 1. The first kappa shape index (κ1) is 14.2. The van der Waals surface area contributed by atoms with Crippen molar-refractivity contribution in [2.24, 2.45) is 7.05 Å². The van der Waals surface area contributed by atoms with Gasteiger partial charge in [0.05, 0.1) is 23.7 Å². The van der Waals surface area contributed by atoms with Crippen LogP contribution in [0, 0.1) is 0 Å². The second kappa shape index (κ2) is 5.23. The molecule has 2 aromatic rings. The van der Waals surface area contributed by atoms with Gasteiger partial charge < -0.3 is 10.4 Å². The van der Waals surface area contributed by atoms with E-state index in [2.05, 4.69) is 25.3 Å². The number of hydrogen-bond acceptors (Lipinski definition) is 6. The van der Waals surface area contributed by atoms with E-state index in [1.165, 1.54) is 0 Å². The number of fused-ring (bicyclic) bond motifs is 1. The lowest BCUT2D eigenvalue weighted by Crippen LogP contribution is -2.30. The van der Waals surface area contributed by atoms with Gasteiger partial charge in [-0.2, -0.15) is 5.10 Å². The Morgan fingerprint density at radius 1 is 1.43 bits per heavy atom. The van der Waals surface area contributed by atoms with Gasteiger partial charge in [-0.3, -0.25) is 9.58 Å². The quantitative estimate of drug-likeness (QED) is 0.865. The maximum atomic E-state index is 10.1. The predicted molar refractivity (Wildman–Crippen MR) is 81.0 cm³/mol. The maximum absolute atomic E-state index is 10.1. The summed E-state index contributed by atoms with van der Waals surface area (Å²) >= 11 is 0. The summed E-state index contributed by atoms with van der Waals surface area (Å²) in [6.07, 6.45) is 2.58. The molecule has 3 rings (SSSR count). The zero-order chi connectivity index (χ0) is 15.0. The summed E-state index contributed by atoms with van der Waals surface area (Å²) in [6, 6.07) is 0. The molecule has 7 heteroatoms. The number of likely N-dealkylation sites (tertiary alicyclic amines) is 1. The molecule has 2 N–H and O–H groups in total. The average Bonchev–Trinajstić information content (AvgIpc) is 2.94. The van der Waals surface area contributed by atoms with Gasteiger partial charge in [0.2, 0.25) is 0 Å². The highest BCUT2D eigenvalue weighted by atomic mass is 16.3. The van der Waals surface area contributed by atoms with Crippen molar-refractivity contribution in [2.45, 2.75) is 32.4 Å². The molecule has 1 aliphatic rings. The summed E-state index contributed by atoms with van der Waals surface area (Å²) in [4.78, 5) is 11.4. The van der Waals surface area contributed by atoms with Gasteiger partial charge in [0.15, 0.2) is 5.65 Å². The van der Waals surface area contributed by atoms with Crippen molar-refractivity contribution in [2.75, 3.05) is 25.0 Å². The first-order chi connectivity index (χ1) is 9.98. The predicted octanol–water partition coefficient (Wildman–Crippen LogP) is 0.752. The molecule has 0 aliphatic carbocycles. The summed E-state index contributed by atoms with van der Waals surface area (Å²) in [5.41, 5.74) is 0.239. The Morgan fingerprint density at radius 3 is 2.90 bits per heavy atom. The Hall–Kier alpha value is -1.73. The largest absolute Gasteiger partial charge is 0.389 e. The first-order valence-corrected chi connectivity index (χ1v) is 7.36. The smallest absolute Gasteiger partial charge is 0.163 e. The van der Waals surface area contributed by atoms with Crippen LogP contribution in [0.4, 0.5) is 5.82 Å². The van der Waals surface area contributed by atoms with Crippen LogP contribution >= 0.6 is 0 Å². The third kappa shape index (κ3) is 2.84. The van der Waals surface area contributed by atoms with Gasteiger partial charge in [-0.15, -0.1) is 0 Å². The summed E-state index contributed by atoms with van der Waals surface area (Å²) < 4.78 is 1.77. The Kier molecular flexibility index (Phi) is 3.54. The van der Waals surface area contributed by atoms with E-state index in [4.69, 9.17) is 0 Å². The number of aryl methyl sites for hydroxylation is 1. The van der Waals surface area contributed by atoms with Gasteiger partial charge in [-0.25, -0.2) is 9.97 Å². The van der Waals surface area contributed by atoms with E-state index in [0.717, 1.165) is 42.2 Å². The van der Waals surface area contributed by atoms with E-state index >= 15 is 0 Å². The van der Waals surface area contributed by atoms with Gasteiger partial charge in [0.25, 0.3) is 0 Å². The molecule has 0 saturated carbocycles. The molecule has 114 valence electrons. The molecule has 0 bridgehead atoms. The van der Waals surface area contributed by atoms with Crippen molar-refractivity contribution in [1.82, 2.24) is 24.6 Å². The number of aromatic nitrogens is 4. The molecule has 21 heavy (non-hydrogen) atoms. The standard InChI is InChI=1S/C14H22N6O/c1-4-15-12-10-7-16-19(3)13(10)18-11(17-12)8-20-6-5-14(2,21)9-20/h7,21H,4-6,8-9H2,1-3H3,(H,15,17,18). The van der Waals surface area contributed by atoms with Crippen LogP contribution in [0.2, 0.25) is 0 Å². The minimum atomic E-state index is -0.596. The summed E-state index contributed by atoms with van der Waals surface area (Å²) in [5.74, 6) is 1.59. The number of β-amino-alcohol motifs (C(OH)–C–C–N with tert-alkyl or cyclic N) is 1. The monoisotopic (exact) mass is 290 g/mol. The molecular weight excluding hydrogens is 268 g/mol. The van der Waals surface area contributed by atoms with Gasteiger partial charge in [-0.1, -0.05) is 0 Å². The highest BCUT2D eigenvalue weighted by Crippen LogP contribution is 2.23. The van der Waals surface area contributed by atoms with Crippen LogP contribution < -0.4 is 5.32 Å². The number of hydrogen-bond donors (Lipinski definition) is 2. The van der Waals surface area contributed by atoms with Crippen LogP contribution in [0.1, 0.15) is 26.1 Å². The van der Waals surface area contributed by atoms with Crippen molar-refractivity contribution in [3.8, 4) is 0 Å². The molecule has 0 aromatic carbocycles.